The maximum absolute atomic E-state index is 5.23. The highest BCUT2D eigenvalue weighted by Gasteiger charge is 2.16. The lowest BCUT2D eigenvalue weighted by atomic mass is 9.94. The van der Waals surface area contributed by atoms with E-state index in [0.717, 1.165) is 19.0 Å². The Labute approximate surface area is 76.1 Å². The van der Waals surface area contributed by atoms with Crippen LogP contribution < -0.4 is 0 Å². The van der Waals surface area contributed by atoms with Gasteiger partial charge in [-0.3, -0.25) is 0 Å². The lowest BCUT2D eigenvalue weighted by molar-refractivity contribution is 0.195. The van der Waals surface area contributed by atoms with Gasteiger partial charge >= 0.3 is 0 Å². The van der Waals surface area contributed by atoms with Crippen LogP contribution in [0.2, 0.25) is 0 Å². The third kappa shape index (κ3) is 2.87. The van der Waals surface area contributed by atoms with Gasteiger partial charge in [-0.15, -0.1) is 12.3 Å². The Hall–Kier alpha value is -0.480. The third-order valence-electron chi connectivity index (χ3n) is 2.81. The lowest BCUT2D eigenvalue weighted by Crippen LogP contribution is -2.33. The molecule has 0 aromatic heterocycles. The molecule has 1 nitrogen and oxygen atoms in total. The van der Waals surface area contributed by atoms with E-state index in [-0.39, 0.29) is 0 Å². The summed E-state index contributed by atoms with van der Waals surface area (Å²) >= 11 is 0. The van der Waals surface area contributed by atoms with E-state index >= 15 is 0 Å². The smallest absolute Gasteiger partial charge is 0.0214 e. The monoisotopic (exact) mass is 165 g/mol. The van der Waals surface area contributed by atoms with Gasteiger partial charge in [0.1, 0.15) is 0 Å². The predicted molar refractivity (Wildman–Crippen MR) is 53.0 cm³/mol. The molecule has 12 heavy (non-hydrogen) atoms. The number of hydrogen-bond acceptors (Lipinski definition) is 1. The SMILES string of the molecule is C#CCCN(C)C1CCCCC1. The Balaban J connectivity index is 2.21. The standard InChI is InChI=1S/C11H19N/c1-3-4-10-12(2)11-8-6-5-7-9-11/h1,11H,4-10H2,2H3. The fourth-order valence-electron chi connectivity index (χ4n) is 1.95. The molecule has 0 atom stereocenters. The second-order valence-electron chi connectivity index (χ2n) is 3.73. The largest absolute Gasteiger partial charge is 0.302 e. The van der Waals surface area contributed by atoms with Gasteiger partial charge in [-0.25, -0.2) is 0 Å². The normalized spacial score (nSPS) is 19.4. The summed E-state index contributed by atoms with van der Waals surface area (Å²) in [6.07, 6.45) is 13.1. The van der Waals surface area contributed by atoms with E-state index in [4.69, 9.17) is 6.42 Å². The van der Waals surface area contributed by atoms with Crippen molar-refractivity contribution in [3.8, 4) is 12.3 Å². The number of rotatable bonds is 3. The first kappa shape index (κ1) is 9.61. The highest BCUT2D eigenvalue weighted by Crippen LogP contribution is 2.21. The molecule has 0 spiro atoms. The van der Waals surface area contributed by atoms with Gasteiger partial charge in [0, 0.05) is 19.0 Å². The Morgan fingerprint density at radius 3 is 2.58 bits per heavy atom. The van der Waals surface area contributed by atoms with Crippen LogP contribution in [0, 0.1) is 12.3 Å². The summed E-state index contributed by atoms with van der Waals surface area (Å²) in [6, 6.07) is 0.812. The summed E-state index contributed by atoms with van der Waals surface area (Å²) < 4.78 is 0. The summed E-state index contributed by atoms with van der Waals surface area (Å²) in [4.78, 5) is 2.43. The van der Waals surface area contributed by atoms with Gasteiger partial charge in [-0.05, 0) is 19.9 Å². The maximum Gasteiger partial charge on any atom is 0.0214 e. The fourth-order valence-corrected chi connectivity index (χ4v) is 1.95. The van der Waals surface area contributed by atoms with Crippen LogP contribution in [0.5, 0.6) is 0 Å². The highest BCUT2D eigenvalue weighted by atomic mass is 15.1. The summed E-state index contributed by atoms with van der Waals surface area (Å²) in [5, 5.41) is 0. The van der Waals surface area contributed by atoms with Gasteiger partial charge in [0.15, 0.2) is 0 Å². The molecule has 68 valence electrons. The van der Waals surface area contributed by atoms with Crippen molar-refractivity contribution in [1.29, 1.82) is 0 Å². The quantitative estimate of drug-likeness (QED) is 0.580. The summed E-state index contributed by atoms with van der Waals surface area (Å²) in [7, 11) is 2.20. The van der Waals surface area contributed by atoms with E-state index in [0.29, 0.717) is 0 Å². The van der Waals surface area contributed by atoms with Crippen LogP contribution in [-0.4, -0.2) is 24.5 Å². The van der Waals surface area contributed by atoms with Crippen LogP contribution in [0.15, 0.2) is 0 Å². The topological polar surface area (TPSA) is 3.24 Å². The second kappa shape index (κ2) is 5.22. The maximum atomic E-state index is 5.23. The van der Waals surface area contributed by atoms with E-state index in [1.54, 1.807) is 0 Å². The molecule has 0 saturated heterocycles. The van der Waals surface area contributed by atoms with Gasteiger partial charge in [0.05, 0.1) is 0 Å². The van der Waals surface area contributed by atoms with Crippen LogP contribution in [0.1, 0.15) is 38.5 Å². The van der Waals surface area contributed by atoms with Crippen molar-refractivity contribution in [3.05, 3.63) is 0 Å². The van der Waals surface area contributed by atoms with Crippen LogP contribution >= 0.6 is 0 Å². The molecule has 0 radical (unpaired) electrons. The van der Waals surface area contributed by atoms with Crippen LogP contribution in [-0.2, 0) is 0 Å². The average molecular weight is 165 g/mol. The third-order valence-corrected chi connectivity index (χ3v) is 2.81. The van der Waals surface area contributed by atoms with Gasteiger partial charge in [-0.2, -0.15) is 0 Å². The van der Waals surface area contributed by atoms with Crippen molar-refractivity contribution in [3.63, 3.8) is 0 Å². The first-order valence-corrected chi connectivity index (χ1v) is 4.98. The molecule has 1 fully saturated rings. The van der Waals surface area contributed by atoms with Crippen molar-refractivity contribution in [1.82, 2.24) is 4.90 Å². The molecule has 0 bridgehead atoms. The van der Waals surface area contributed by atoms with Crippen molar-refractivity contribution < 1.29 is 0 Å². The van der Waals surface area contributed by atoms with Gasteiger partial charge < -0.3 is 4.90 Å². The lowest BCUT2D eigenvalue weighted by Gasteiger charge is -2.30. The molecule has 1 rings (SSSR count). The minimum atomic E-state index is 0.812. The van der Waals surface area contributed by atoms with Crippen molar-refractivity contribution >= 4 is 0 Å². The molecular formula is C11H19N. The predicted octanol–water partition coefficient (Wildman–Crippen LogP) is 2.27. The molecule has 0 aliphatic heterocycles. The van der Waals surface area contributed by atoms with Crippen molar-refractivity contribution in [2.75, 3.05) is 13.6 Å². The van der Waals surface area contributed by atoms with E-state index in [2.05, 4.69) is 17.9 Å². The Morgan fingerprint density at radius 1 is 1.33 bits per heavy atom. The zero-order valence-electron chi connectivity index (χ0n) is 8.05. The first-order chi connectivity index (χ1) is 5.84. The van der Waals surface area contributed by atoms with Crippen molar-refractivity contribution in [2.24, 2.45) is 0 Å². The van der Waals surface area contributed by atoms with Crippen LogP contribution in [0.4, 0.5) is 0 Å². The Morgan fingerprint density at radius 2 is 2.00 bits per heavy atom. The van der Waals surface area contributed by atoms with E-state index in [1.165, 1.54) is 32.1 Å². The molecule has 0 aromatic carbocycles. The first-order valence-electron chi connectivity index (χ1n) is 4.98. The Bertz CT molecular complexity index is 151. The second-order valence-corrected chi connectivity index (χ2v) is 3.73. The average Bonchev–Trinajstić information content (AvgIpc) is 2.15. The molecule has 0 aromatic rings. The zero-order chi connectivity index (χ0) is 8.81. The fraction of sp³-hybridized carbons (Fsp3) is 0.818. The zero-order valence-corrected chi connectivity index (χ0v) is 8.05. The minimum Gasteiger partial charge on any atom is -0.302 e. The Kier molecular flexibility index (Phi) is 4.18. The summed E-state index contributed by atoms with van der Waals surface area (Å²) in [6.45, 7) is 1.07. The summed E-state index contributed by atoms with van der Waals surface area (Å²) in [5.41, 5.74) is 0. The number of nitrogens with zero attached hydrogens (tertiary/aromatic N) is 1. The van der Waals surface area contributed by atoms with Gasteiger partial charge in [0.25, 0.3) is 0 Å². The van der Waals surface area contributed by atoms with Crippen LogP contribution in [0.3, 0.4) is 0 Å². The number of hydrogen-bond donors (Lipinski definition) is 0. The number of terminal acetylenes is 1. The molecule has 1 aliphatic carbocycles. The minimum absolute atomic E-state index is 0.812. The van der Waals surface area contributed by atoms with E-state index in [9.17, 15) is 0 Å². The molecule has 0 unspecified atom stereocenters. The van der Waals surface area contributed by atoms with E-state index in [1.807, 2.05) is 0 Å². The molecule has 1 aliphatic rings. The molecule has 1 saturated carbocycles. The summed E-state index contributed by atoms with van der Waals surface area (Å²) in [5.74, 6) is 2.70. The molecule has 0 heterocycles. The van der Waals surface area contributed by atoms with Crippen molar-refractivity contribution in [2.45, 2.75) is 44.6 Å². The van der Waals surface area contributed by atoms with Gasteiger partial charge in [0.2, 0.25) is 0 Å². The van der Waals surface area contributed by atoms with E-state index < -0.39 is 0 Å². The van der Waals surface area contributed by atoms with Crippen LogP contribution in [0.25, 0.3) is 0 Å². The molecular weight excluding hydrogens is 146 g/mol. The highest BCUT2D eigenvalue weighted by molar-refractivity contribution is 4.85. The molecule has 0 N–H and O–H groups in total. The molecule has 0 amide bonds. The van der Waals surface area contributed by atoms with Gasteiger partial charge in [-0.1, -0.05) is 19.3 Å². The molecule has 1 heteroatoms.